The summed E-state index contributed by atoms with van der Waals surface area (Å²) in [5, 5.41) is 2.85. The van der Waals surface area contributed by atoms with Crippen molar-refractivity contribution in [3.05, 3.63) is 48.2 Å². The molecule has 1 atom stereocenters. The van der Waals surface area contributed by atoms with Gasteiger partial charge in [0.1, 0.15) is 11.6 Å². The van der Waals surface area contributed by atoms with Gasteiger partial charge in [0, 0.05) is 43.8 Å². The molecule has 0 fully saturated rings. The number of ether oxygens (including phenoxy) is 1. The minimum Gasteiger partial charge on any atom is -0.497 e. The van der Waals surface area contributed by atoms with Gasteiger partial charge in [0.25, 0.3) is 0 Å². The van der Waals surface area contributed by atoms with Gasteiger partial charge in [-0.15, -0.1) is 0 Å². The largest absolute Gasteiger partial charge is 0.497 e. The number of hydrogen-bond donors (Lipinski definition) is 1. The molecule has 0 aliphatic carbocycles. The lowest BCUT2D eigenvalue weighted by molar-refractivity contribution is -0.119. The van der Waals surface area contributed by atoms with Gasteiger partial charge in [-0.25, -0.2) is 4.98 Å². The summed E-state index contributed by atoms with van der Waals surface area (Å²) in [5.41, 5.74) is 1.78. The van der Waals surface area contributed by atoms with Crippen LogP contribution in [-0.2, 0) is 9.59 Å². The lowest BCUT2D eigenvalue weighted by Gasteiger charge is -2.26. The van der Waals surface area contributed by atoms with Gasteiger partial charge in [-0.05, 0) is 17.7 Å². The third-order valence-corrected chi connectivity index (χ3v) is 4.20. The van der Waals surface area contributed by atoms with Gasteiger partial charge in [0.2, 0.25) is 11.8 Å². The average Bonchev–Trinajstić information content (AvgIpc) is 2.61. The molecular weight excluding hydrogens is 306 g/mol. The molecule has 1 aromatic carbocycles. The summed E-state index contributed by atoms with van der Waals surface area (Å²) in [4.78, 5) is 30.2. The molecule has 1 N–H and O–H groups in total. The van der Waals surface area contributed by atoms with E-state index in [1.165, 1.54) is 4.90 Å². The molecule has 1 aliphatic rings. The van der Waals surface area contributed by atoms with Crippen LogP contribution in [0.2, 0.25) is 0 Å². The van der Waals surface area contributed by atoms with Crippen molar-refractivity contribution in [1.82, 2.24) is 4.98 Å². The Hall–Kier alpha value is -2.89. The highest BCUT2D eigenvalue weighted by Crippen LogP contribution is 2.34. The molecule has 0 saturated carbocycles. The quantitative estimate of drug-likeness (QED) is 0.938. The maximum absolute atomic E-state index is 12.6. The van der Waals surface area contributed by atoms with Crippen LogP contribution in [0.15, 0.2) is 42.6 Å². The first-order chi connectivity index (χ1) is 11.6. The number of rotatable bonds is 4. The number of nitrogens with zero attached hydrogens (tertiary/aromatic N) is 2. The second kappa shape index (κ2) is 6.70. The Balaban J connectivity index is 1.78. The van der Waals surface area contributed by atoms with Crippen LogP contribution < -0.4 is 15.0 Å². The number of fused-ring (bicyclic) bond motifs is 1. The molecule has 3 rings (SSSR count). The van der Waals surface area contributed by atoms with Crippen LogP contribution in [0.1, 0.15) is 24.3 Å². The molecule has 1 aliphatic heterocycles. The van der Waals surface area contributed by atoms with E-state index in [0.717, 1.165) is 11.3 Å². The second-order valence-electron chi connectivity index (χ2n) is 5.75. The average molecular weight is 325 g/mol. The van der Waals surface area contributed by atoms with Crippen molar-refractivity contribution in [2.45, 2.75) is 18.8 Å². The normalized spacial score (nSPS) is 16.1. The lowest BCUT2D eigenvalue weighted by atomic mass is 9.87. The Morgan fingerprint density at radius 1 is 1.38 bits per heavy atom. The minimum absolute atomic E-state index is 0.0614. The van der Waals surface area contributed by atoms with Crippen molar-refractivity contribution in [3.63, 3.8) is 0 Å². The van der Waals surface area contributed by atoms with E-state index < -0.39 is 0 Å². The molecule has 0 saturated heterocycles. The maximum atomic E-state index is 12.6. The number of carbonyl (C=O) groups is 2. The Bertz CT molecular complexity index is 776. The second-order valence-corrected chi connectivity index (χ2v) is 5.75. The van der Waals surface area contributed by atoms with Gasteiger partial charge in [-0.2, -0.15) is 0 Å². The molecule has 1 unspecified atom stereocenters. The van der Waals surface area contributed by atoms with Crippen molar-refractivity contribution in [2.75, 3.05) is 24.4 Å². The Morgan fingerprint density at radius 3 is 2.96 bits per heavy atom. The van der Waals surface area contributed by atoms with Crippen LogP contribution >= 0.6 is 0 Å². The summed E-state index contributed by atoms with van der Waals surface area (Å²) in [6.45, 7) is 0. The zero-order chi connectivity index (χ0) is 17.1. The predicted molar refractivity (Wildman–Crippen MR) is 91.2 cm³/mol. The number of amides is 2. The van der Waals surface area contributed by atoms with Crippen LogP contribution in [0.5, 0.6) is 5.75 Å². The number of para-hydroxylation sites is 1. The molecule has 0 bridgehead atoms. The SMILES string of the molecule is COc1ccnc(N(C)C(=O)CC2CC(=O)Nc3ccccc32)c1. The summed E-state index contributed by atoms with van der Waals surface area (Å²) < 4.78 is 5.16. The number of nitrogens with one attached hydrogen (secondary N) is 1. The first-order valence-electron chi connectivity index (χ1n) is 7.74. The third kappa shape index (κ3) is 3.22. The van der Waals surface area contributed by atoms with Crippen molar-refractivity contribution in [3.8, 4) is 5.75 Å². The highest BCUT2D eigenvalue weighted by Gasteiger charge is 2.28. The molecular formula is C18H19N3O3. The number of hydrogen-bond acceptors (Lipinski definition) is 4. The molecule has 1 aromatic heterocycles. The van der Waals surface area contributed by atoms with Crippen molar-refractivity contribution in [1.29, 1.82) is 0 Å². The van der Waals surface area contributed by atoms with E-state index in [0.29, 0.717) is 18.0 Å². The fourth-order valence-electron chi connectivity index (χ4n) is 2.87. The topological polar surface area (TPSA) is 71.5 Å². The van der Waals surface area contributed by atoms with Gasteiger partial charge in [0.05, 0.1) is 7.11 Å². The maximum Gasteiger partial charge on any atom is 0.228 e. The Labute approximate surface area is 140 Å². The monoisotopic (exact) mass is 325 g/mol. The van der Waals surface area contributed by atoms with Crippen LogP contribution in [0, 0.1) is 0 Å². The van der Waals surface area contributed by atoms with E-state index >= 15 is 0 Å². The summed E-state index contributed by atoms with van der Waals surface area (Å²) in [7, 11) is 3.25. The number of carbonyl (C=O) groups excluding carboxylic acids is 2. The number of anilines is 2. The highest BCUT2D eigenvalue weighted by atomic mass is 16.5. The molecule has 2 aromatic rings. The Morgan fingerprint density at radius 2 is 2.17 bits per heavy atom. The molecule has 0 radical (unpaired) electrons. The minimum atomic E-state index is -0.129. The first kappa shape index (κ1) is 16.0. The first-order valence-corrected chi connectivity index (χ1v) is 7.74. The number of benzene rings is 1. The molecule has 2 amide bonds. The van der Waals surface area contributed by atoms with E-state index in [1.807, 2.05) is 24.3 Å². The lowest BCUT2D eigenvalue weighted by Crippen LogP contribution is -2.31. The number of pyridine rings is 1. The van der Waals surface area contributed by atoms with Crippen molar-refractivity contribution >= 4 is 23.3 Å². The van der Waals surface area contributed by atoms with Gasteiger partial charge in [-0.3, -0.25) is 14.5 Å². The van der Waals surface area contributed by atoms with Gasteiger partial charge < -0.3 is 10.1 Å². The summed E-state index contributed by atoms with van der Waals surface area (Å²) in [6.07, 6.45) is 2.16. The molecule has 0 spiro atoms. The molecule has 2 heterocycles. The van der Waals surface area contributed by atoms with Crippen LogP contribution in [0.3, 0.4) is 0 Å². The number of methoxy groups -OCH3 is 1. The molecule has 124 valence electrons. The molecule has 24 heavy (non-hydrogen) atoms. The van der Waals surface area contributed by atoms with E-state index in [2.05, 4.69) is 10.3 Å². The third-order valence-electron chi connectivity index (χ3n) is 4.20. The van der Waals surface area contributed by atoms with Gasteiger partial charge >= 0.3 is 0 Å². The van der Waals surface area contributed by atoms with Gasteiger partial charge in [-0.1, -0.05) is 18.2 Å². The smallest absolute Gasteiger partial charge is 0.228 e. The molecule has 6 heteroatoms. The van der Waals surface area contributed by atoms with Crippen molar-refractivity contribution < 1.29 is 14.3 Å². The summed E-state index contributed by atoms with van der Waals surface area (Å²) in [5.74, 6) is 0.879. The highest BCUT2D eigenvalue weighted by molar-refractivity contribution is 5.97. The fourth-order valence-corrected chi connectivity index (χ4v) is 2.87. The predicted octanol–water partition coefficient (Wildman–Crippen LogP) is 2.57. The zero-order valence-electron chi connectivity index (χ0n) is 13.7. The van der Waals surface area contributed by atoms with Gasteiger partial charge in [0.15, 0.2) is 0 Å². The van der Waals surface area contributed by atoms with Crippen LogP contribution in [-0.4, -0.2) is 31.0 Å². The standard InChI is InChI=1S/C18H19N3O3/c1-21(16-11-13(24-2)7-8-19-16)18(23)10-12-9-17(22)20-15-6-4-3-5-14(12)15/h3-8,11-12H,9-10H2,1-2H3,(H,20,22). The Kier molecular flexibility index (Phi) is 4.46. The number of aromatic nitrogens is 1. The summed E-state index contributed by atoms with van der Waals surface area (Å²) >= 11 is 0. The van der Waals surface area contributed by atoms with Crippen LogP contribution in [0.25, 0.3) is 0 Å². The molecule has 6 nitrogen and oxygen atoms in total. The summed E-state index contributed by atoms with van der Waals surface area (Å²) in [6, 6.07) is 11.0. The van der Waals surface area contributed by atoms with E-state index in [1.54, 1.807) is 32.5 Å². The van der Waals surface area contributed by atoms with Crippen molar-refractivity contribution in [2.24, 2.45) is 0 Å². The van der Waals surface area contributed by atoms with E-state index in [9.17, 15) is 9.59 Å². The fraction of sp³-hybridized carbons (Fsp3) is 0.278. The van der Waals surface area contributed by atoms with E-state index in [-0.39, 0.29) is 24.2 Å². The van der Waals surface area contributed by atoms with Crippen LogP contribution in [0.4, 0.5) is 11.5 Å². The van der Waals surface area contributed by atoms with E-state index in [4.69, 9.17) is 4.74 Å². The zero-order valence-corrected chi connectivity index (χ0v) is 13.7.